The van der Waals surface area contributed by atoms with Crippen molar-refractivity contribution in [3.63, 3.8) is 0 Å². The number of hydrogen-bond acceptors (Lipinski definition) is 6. The smallest absolute Gasteiger partial charge is 0.381 e. The Morgan fingerprint density at radius 2 is 2.03 bits per heavy atom. The van der Waals surface area contributed by atoms with Crippen molar-refractivity contribution in [2.24, 2.45) is 0 Å². The van der Waals surface area contributed by atoms with Crippen LogP contribution < -0.4 is 0 Å². The molecule has 0 bridgehead atoms. The van der Waals surface area contributed by atoms with Gasteiger partial charge in [0, 0.05) is 12.5 Å². The lowest BCUT2D eigenvalue weighted by Crippen LogP contribution is -2.46. The highest BCUT2D eigenvalue weighted by molar-refractivity contribution is 14.2. The first-order chi connectivity index (χ1) is 14.2. The predicted molar refractivity (Wildman–Crippen MR) is 125 cm³/mol. The summed E-state index contributed by atoms with van der Waals surface area (Å²) >= 11 is 2.00. The number of nitrogens with zero attached hydrogens (tertiary/aromatic N) is 1. The average Bonchev–Trinajstić information content (AvgIpc) is 2.74. The number of carbonyl (C=O) groups excluding carboxylic acids is 1. The second-order valence-corrected chi connectivity index (χ2v) is 11.8. The van der Waals surface area contributed by atoms with E-state index in [0.29, 0.717) is 18.4 Å². The fourth-order valence-electron chi connectivity index (χ4n) is 3.74. The molecule has 0 saturated carbocycles. The van der Waals surface area contributed by atoms with Gasteiger partial charge in [-0.2, -0.15) is 21.6 Å². The van der Waals surface area contributed by atoms with Crippen LogP contribution in [0.25, 0.3) is 0 Å². The van der Waals surface area contributed by atoms with Crippen molar-refractivity contribution in [1.29, 1.82) is 0 Å². The van der Waals surface area contributed by atoms with Gasteiger partial charge in [-0.25, -0.2) is 0 Å². The maximum absolute atomic E-state index is 13.4. The van der Waals surface area contributed by atoms with Gasteiger partial charge < -0.3 is 4.18 Å². The highest BCUT2D eigenvalue weighted by atomic mass is 127. The van der Waals surface area contributed by atoms with Gasteiger partial charge in [0.1, 0.15) is 5.76 Å². The molecule has 31 heavy (non-hydrogen) atoms. The van der Waals surface area contributed by atoms with Crippen LogP contribution in [0.1, 0.15) is 39.5 Å². The summed E-state index contributed by atoms with van der Waals surface area (Å²) in [5.41, 5.74) is -4.22. The largest absolute Gasteiger partial charge is 0.534 e. The molecule has 1 fully saturated rings. The van der Waals surface area contributed by atoms with Gasteiger partial charge in [-0.05, 0) is 66.9 Å². The van der Waals surface area contributed by atoms with Crippen LogP contribution in [-0.2, 0) is 19.1 Å². The highest BCUT2D eigenvalue weighted by Gasteiger charge is 2.51. The van der Waals surface area contributed by atoms with Gasteiger partial charge >= 0.3 is 15.6 Å². The highest BCUT2D eigenvalue weighted by Crippen LogP contribution is 2.47. The zero-order chi connectivity index (χ0) is 23.6. The number of hydrogen-bond donors (Lipinski definition) is 0. The molecule has 0 aromatic heterocycles. The van der Waals surface area contributed by atoms with E-state index in [2.05, 4.69) is 10.8 Å². The van der Waals surface area contributed by atoms with Gasteiger partial charge in [-0.15, -0.1) is 0 Å². The number of alkyl halides is 3. The fourth-order valence-corrected chi connectivity index (χ4v) is 5.81. The van der Waals surface area contributed by atoms with Crippen molar-refractivity contribution in [2.75, 3.05) is 7.05 Å². The summed E-state index contributed by atoms with van der Waals surface area (Å²) in [4.78, 5) is 15.2. The Labute approximate surface area is 197 Å². The third-order valence-electron chi connectivity index (χ3n) is 5.34. The Morgan fingerprint density at radius 1 is 1.39 bits per heavy atom. The molecule has 0 radical (unpaired) electrons. The summed E-state index contributed by atoms with van der Waals surface area (Å²) in [6, 6.07) is -1.02. The monoisotopic (exact) mass is 591 g/mol. The summed E-state index contributed by atoms with van der Waals surface area (Å²) in [7, 11) is -2.78. The average molecular weight is 591 g/mol. The Balaban J connectivity index is 2.53. The third-order valence-corrected chi connectivity index (χ3v) is 9.93. The maximum atomic E-state index is 13.4. The fraction of sp³-hybridized carbons (Fsp3) is 0.550. The zero-order valence-corrected chi connectivity index (χ0v) is 21.2. The molecule has 5 nitrogen and oxygen atoms in total. The Hall–Kier alpha value is -0.790. The molecule has 0 amide bonds. The predicted octanol–water partition coefficient (Wildman–Crippen LogP) is 5.46. The molecule has 11 heteroatoms. The van der Waals surface area contributed by atoms with Crippen LogP contribution in [-0.4, -0.2) is 48.5 Å². The molecule has 0 aromatic rings. The molecule has 174 valence electrons. The van der Waals surface area contributed by atoms with E-state index in [1.807, 2.05) is 28.1 Å². The van der Waals surface area contributed by atoms with Crippen molar-refractivity contribution in [3.05, 3.63) is 47.8 Å². The van der Waals surface area contributed by atoms with E-state index >= 15 is 0 Å². The van der Waals surface area contributed by atoms with Crippen LogP contribution in [0.2, 0.25) is 0 Å². The van der Waals surface area contributed by atoms with Crippen LogP contribution in [0.15, 0.2) is 47.8 Å². The van der Waals surface area contributed by atoms with E-state index in [9.17, 15) is 26.4 Å². The van der Waals surface area contributed by atoms with Crippen molar-refractivity contribution in [1.82, 2.24) is 4.90 Å². The van der Waals surface area contributed by atoms with E-state index in [0.717, 1.165) is 5.57 Å². The van der Waals surface area contributed by atoms with Crippen molar-refractivity contribution < 1.29 is 30.6 Å². The van der Waals surface area contributed by atoms with Gasteiger partial charge in [-0.3, -0.25) is 9.69 Å². The third kappa shape index (κ3) is 5.97. The molecule has 3 unspecified atom stereocenters. The standard InChI is InChI=1S/C20H25F3INO4S2/c1-13(2)8-5-6-9-16-18(26)19(3,30-24)12-14-15(25(16)4)10-7-11-17(14)29-31(27,28)20(21,22)23/h5-6,8-9,15-16H,1,7,10-12H2,2-4H3/b8-5-,9-6-. The second kappa shape index (κ2) is 10.0. The first-order valence-electron chi connectivity index (χ1n) is 9.52. The number of likely N-dealkylation sites (N-methyl/N-ethyl adjacent to an activating group) is 1. The molecular formula is C20H25F3INO4S2. The Kier molecular flexibility index (Phi) is 8.54. The lowest BCUT2D eigenvalue weighted by molar-refractivity contribution is -0.123. The Morgan fingerprint density at radius 3 is 2.58 bits per heavy atom. The summed E-state index contributed by atoms with van der Waals surface area (Å²) < 4.78 is 65.7. The lowest BCUT2D eigenvalue weighted by atomic mass is 9.86. The number of likely N-dealkylation sites (tertiary alicyclic amines) is 1. The topological polar surface area (TPSA) is 63.7 Å². The van der Waals surface area contributed by atoms with Gasteiger partial charge in [0.05, 0.1) is 10.8 Å². The van der Waals surface area contributed by atoms with Gasteiger partial charge in [-0.1, -0.05) is 45.4 Å². The van der Waals surface area contributed by atoms with Crippen LogP contribution >= 0.6 is 30.1 Å². The number of ketones is 1. The molecule has 2 aliphatic rings. The quantitative estimate of drug-likeness (QED) is 0.177. The van der Waals surface area contributed by atoms with Crippen LogP contribution in [0.5, 0.6) is 0 Å². The van der Waals surface area contributed by atoms with Crippen molar-refractivity contribution in [2.45, 2.75) is 61.9 Å². The van der Waals surface area contributed by atoms with E-state index in [1.165, 1.54) is 8.93 Å². The molecule has 3 atom stereocenters. The van der Waals surface area contributed by atoms with Crippen molar-refractivity contribution >= 4 is 46.0 Å². The van der Waals surface area contributed by atoms with E-state index < -0.39 is 32.5 Å². The van der Waals surface area contributed by atoms with Crippen molar-refractivity contribution in [3.8, 4) is 0 Å². The number of carbonyl (C=O) groups is 1. The van der Waals surface area contributed by atoms with Gasteiger partial charge in [0.15, 0.2) is 5.78 Å². The number of halogens is 4. The minimum absolute atomic E-state index is 0.0764. The van der Waals surface area contributed by atoms with Crippen LogP contribution in [0, 0.1) is 0 Å². The molecule has 0 aromatic carbocycles. The van der Waals surface area contributed by atoms with E-state index in [-0.39, 0.29) is 24.4 Å². The van der Waals surface area contributed by atoms with E-state index in [4.69, 9.17) is 0 Å². The molecule has 0 N–H and O–H groups in total. The van der Waals surface area contributed by atoms with Crippen LogP contribution in [0.3, 0.4) is 0 Å². The van der Waals surface area contributed by atoms with Gasteiger partial charge in [0.25, 0.3) is 0 Å². The minimum Gasteiger partial charge on any atom is -0.381 e. The summed E-state index contributed by atoms with van der Waals surface area (Å²) in [5, 5.41) is 0. The number of rotatable bonds is 6. The summed E-state index contributed by atoms with van der Waals surface area (Å²) in [6.45, 7) is 7.34. The zero-order valence-electron chi connectivity index (χ0n) is 17.4. The number of fused-ring (bicyclic) bond motifs is 1. The molecule has 1 aliphatic heterocycles. The molecule has 1 aliphatic carbocycles. The number of Topliss-reactive ketones (excluding diaryl/α,β-unsaturated/α-hetero) is 1. The number of allylic oxidation sites excluding steroid dienone is 5. The lowest BCUT2D eigenvalue weighted by Gasteiger charge is -2.35. The molecule has 0 spiro atoms. The second-order valence-electron chi connectivity index (χ2n) is 7.89. The van der Waals surface area contributed by atoms with Crippen LogP contribution in [0.4, 0.5) is 13.2 Å². The normalized spacial score (nSPS) is 28.8. The maximum Gasteiger partial charge on any atom is 0.534 e. The summed E-state index contributed by atoms with van der Waals surface area (Å²) in [5.74, 6) is -0.300. The Bertz CT molecular complexity index is 927. The molecule has 2 rings (SSSR count). The molecule has 1 saturated heterocycles. The first-order valence-corrected chi connectivity index (χ1v) is 14.3. The summed E-state index contributed by atoms with van der Waals surface area (Å²) in [6.07, 6.45) is 8.29. The van der Waals surface area contributed by atoms with Gasteiger partial charge in [0.2, 0.25) is 0 Å². The molecule has 1 heterocycles. The first kappa shape index (κ1) is 26.5. The minimum atomic E-state index is -5.78. The van der Waals surface area contributed by atoms with E-state index in [1.54, 1.807) is 43.2 Å². The SMILES string of the molecule is C=C(C)/C=C\C=C/C1C(=O)C(C)(SI)CC2=C(OS(=O)(=O)C(F)(F)F)CCCC2N1C. The molecular weight excluding hydrogens is 566 g/mol.